The van der Waals surface area contributed by atoms with Gasteiger partial charge in [0.05, 0.1) is 16.8 Å². The van der Waals surface area contributed by atoms with Gasteiger partial charge < -0.3 is 4.90 Å². The zero-order chi connectivity index (χ0) is 43.9. The summed E-state index contributed by atoms with van der Waals surface area (Å²) in [6.07, 6.45) is 6.42. The summed E-state index contributed by atoms with van der Waals surface area (Å²) in [7, 11) is 0. The predicted octanol–water partition coefficient (Wildman–Crippen LogP) is 17.7. The Kier molecular flexibility index (Phi) is 10.3. The molecule has 0 unspecified atom stereocenters. The monoisotopic (exact) mass is 845 g/mol. The third kappa shape index (κ3) is 6.69. The molecule has 12 rings (SSSR count). The normalized spacial score (nSPS) is 14.1. The second kappa shape index (κ2) is 17.0. The van der Waals surface area contributed by atoms with Crippen molar-refractivity contribution in [2.24, 2.45) is 0 Å². The van der Waals surface area contributed by atoms with E-state index in [9.17, 15) is 0 Å². The number of hydrogen-bond donors (Lipinski definition) is 0. The zero-order valence-corrected chi connectivity index (χ0v) is 37.2. The van der Waals surface area contributed by atoms with Gasteiger partial charge in [-0.3, -0.25) is 0 Å². The molecule has 2 aliphatic carbocycles. The highest BCUT2D eigenvalue weighted by molar-refractivity contribution is 6.04. The second-order valence-electron chi connectivity index (χ2n) is 18.2. The van der Waals surface area contributed by atoms with Crippen LogP contribution in [0.1, 0.15) is 65.8 Å². The maximum atomic E-state index is 2.57. The summed E-state index contributed by atoms with van der Waals surface area (Å²) in [5, 5.41) is 2.69. The van der Waals surface area contributed by atoms with Crippen molar-refractivity contribution in [3.05, 3.63) is 270 Å². The predicted molar refractivity (Wildman–Crippen MR) is 278 cm³/mol. The van der Waals surface area contributed by atoms with Crippen LogP contribution in [0.4, 0.5) is 17.1 Å². The Bertz CT molecular complexity index is 3280. The van der Waals surface area contributed by atoms with Gasteiger partial charge in [-0.05, 0) is 121 Å². The molecule has 316 valence electrons. The third-order valence-electron chi connectivity index (χ3n) is 14.5. The van der Waals surface area contributed by atoms with Crippen molar-refractivity contribution >= 4 is 27.8 Å². The lowest BCUT2D eigenvalue weighted by Gasteiger charge is -2.35. The number of rotatable bonds is 9. The fourth-order valence-electron chi connectivity index (χ4n) is 11.6. The average molecular weight is 846 g/mol. The molecule has 0 spiro atoms. The van der Waals surface area contributed by atoms with Crippen LogP contribution in [-0.2, 0) is 5.41 Å². The van der Waals surface area contributed by atoms with Gasteiger partial charge in [-0.2, -0.15) is 0 Å². The molecule has 2 aliphatic rings. The molecule has 0 radical (unpaired) electrons. The van der Waals surface area contributed by atoms with Crippen LogP contribution in [0.25, 0.3) is 55.3 Å². The Hall–Kier alpha value is -7.74. The summed E-state index contributed by atoms with van der Waals surface area (Å²) in [4.78, 5) is 2.57. The van der Waals surface area contributed by atoms with Crippen LogP contribution in [-0.4, -0.2) is 0 Å². The summed E-state index contributed by atoms with van der Waals surface area (Å²) in [5.41, 5.74) is 19.2. The average Bonchev–Trinajstić information content (AvgIpc) is 3.70. The molecule has 0 aliphatic heterocycles. The van der Waals surface area contributed by atoms with Gasteiger partial charge in [-0.15, -0.1) is 0 Å². The molecule has 1 heteroatoms. The first-order chi connectivity index (χ1) is 32.8. The van der Waals surface area contributed by atoms with Gasteiger partial charge >= 0.3 is 0 Å². The molecule has 0 aromatic heterocycles. The first-order valence-corrected chi connectivity index (χ1v) is 23.8. The molecule has 66 heavy (non-hydrogen) atoms. The van der Waals surface area contributed by atoms with Crippen molar-refractivity contribution in [1.29, 1.82) is 0 Å². The Morgan fingerprint density at radius 3 is 1.62 bits per heavy atom. The van der Waals surface area contributed by atoms with Gasteiger partial charge in [-0.1, -0.05) is 232 Å². The third-order valence-corrected chi connectivity index (χ3v) is 14.5. The van der Waals surface area contributed by atoms with E-state index in [-0.39, 0.29) is 0 Å². The molecule has 10 aromatic rings. The molecule has 0 bridgehead atoms. The second-order valence-corrected chi connectivity index (χ2v) is 18.2. The lowest BCUT2D eigenvalue weighted by Crippen LogP contribution is -2.28. The van der Waals surface area contributed by atoms with E-state index >= 15 is 0 Å². The Morgan fingerprint density at radius 2 is 0.909 bits per heavy atom. The number of anilines is 3. The highest BCUT2D eigenvalue weighted by atomic mass is 15.1. The fraction of sp³-hybridized carbons (Fsp3) is 0.108. The van der Waals surface area contributed by atoms with Crippen LogP contribution < -0.4 is 4.90 Å². The van der Waals surface area contributed by atoms with Crippen molar-refractivity contribution in [3.63, 3.8) is 0 Å². The van der Waals surface area contributed by atoms with Gasteiger partial charge in [0.2, 0.25) is 0 Å². The minimum atomic E-state index is -0.542. The van der Waals surface area contributed by atoms with Gasteiger partial charge in [0, 0.05) is 16.8 Å². The molecule has 0 atom stereocenters. The summed E-state index contributed by atoms with van der Waals surface area (Å²) >= 11 is 0. The highest BCUT2D eigenvalue weighted by Gasteiger charge is 2.46. The molecule has 0 heterocycles. The van der Waals surface area contributed by atoms with E-state index in [0.717, 1.165) is 17.1 Å². The van der Waals surface area contributed by atoms with Gasteiger partial charge in [0.1, 0.15) is 0 Å². The molecule has 1 saturated carbocycles. The van der Waals surface area contributed by atoms with Crippen LogP contribution in [0.5, 0.6) is 0 Å². The largest absolute Gasteiger partial charge is 0.309 e. The van der Waals surface area contributed by atoms with E-state index in [2.05, 4.69) is 248 Å². The molecular formula is C65H51N. The van der Waals surface area contributed by atoms with Gasteiger partial charge in [-0.25, -0.2) is 0 Å². The van der Waals surface area contributed by atoms with Crippen molar-refractivity contribution < 1.29 is 0 Å². The highest BCUT2D eigenvalue weighted by Crippen LogP contribution is 2.58. The number of hydrogen-bond acceptors (Lipinski definition) is 1. The van der Waals surface area contributed by atoms with Gasteiger partial charge in [0.25, 0.3) is 0 Å². The molecule has 0 saturated heterocycles. The number of fused-ring (bicyclic) bond motifs is 4. The Labute approximate surface area is 389 Å². The SMILES string of the molecule is c1ccc(-c2ccc(N(c3ccc4c(c3)C(c3ccccc3)(c3ccccc3)c3ccccc3-4)c3ccccc3-c3cccc4cccc(C5CCCCC5)c34)c(-c3ccccc3)c2)cc1. The maximum Gasteiger partial charge on any atom is 0.0714 e. The van der Waals surface area contributed by atoms with Crippen molar-refractivity contribution in [1.82, 2.24) is 0 Å². The van der Waals surface area contributed by atoms with E-state index in [0.29, 0.717) is 5.92 Å². The van der Waals surface area contributed by atoms with Crippen LogP contribution >= 0.6 is 0 Å². The minimum absolute atomic E-state index is 0.542. The van der Waals surface area contributed by atoms with Crippen LogP contribution in [0, 0.1) is 0 Å². The molecule has 10 aromatic carbocycles. The standard InChI is InChI=1S/C65H51N/c1-6-22-46(23-7-1)50-40-43-63(59(44-50)48-26-10-3-11-27-48)66(62-39-19-17-35-57(62)58-37-21-29-49-28-20-36-54(64(49)58)47-24-8-2-9-25-47)53-41-42-56-55-34-16-18-38-60(55)65(61(56)45-53,51-30-12-4-13-31-51)52-32-14-5-15-33-52/h1,3-7,10-23,26-45,47H,2,8-9,24-25H2. The van der Waals surface area contributed by atoms with E-state index in [1.165, 1.54) is 115 Å². The Morgan fingerprint density at radius 1 is 0.348 bits per heavy atom. The van der Waals surface area contributed by atoms with Crippen LogP contribution in [0.2, 0.25) is 0 Å². The van der Waals surface area contributed by atoms with Crippen molar-refractivity contribution in [2.45, 2.75) is 43.4 Å². The van der Waals surface area contributed by atoms with E-state index < -0.39 is 5.41 Å². The molecule has 0 N–H and O–H groups in total. The number of benzene rings is 10. The maximum absolute atomic E-state index is 2.57. The van der Waals surface area contributed by atoms with Gasteiger partial charge in [0.15, 0.2) is 0 Å². The topological polar surface area (TPSA) is 3.24 Å². The lowest BCUT2D eigenvalue weighted by molar-refractivity contribution is 0.445. The van der Waals surface area contributed by atoms with Crippen molar-refractivity contribution in [2.75, 3.05) is 4.90 Å². The Balaban J connectivity index is 1.16. The molecule has 0 amide bonds. The lowest BCUT2D eigenvalue weighted by atomic mass is 9.67. The minimum Gasteiger partial charge on any atom is -0.309 e. The first-order valence-electron chi connectivity index (χ1n) is 23.8. The summed E-state index contributed by atoms with van der Waals surface area (Å²) < 4.78 is 0. The molecule has 1 fully saturated rings. The molecular weight excluding hydrogens is 795 g/mol. The summed E-state index contributed by atoms with van der Waals surface area (Å²) in [6.45, 7) is 0. The van der Waals surface area contributed by atoms with E-state index in [1.807, 2.05) is 0 Å². The van der Waals surface area contributed by atoms with Crippen LogP contribution in [0.3, 0.4) is 0 Å². The zero-order valence-electron chi connectivity index (χ0n) is 37.2. The number of nitrogens with zero attached hydrogens (tertiary/aromatic N) is 1. The van der Waals surface area contributed by atoms with E-state index in [1.54, 1.807) is 0 Å². The fourth-order valence-corrected chi connectivity index (χ4v) is 11.6. The van der Waals surface area contributed by atoms with E-state index in [4.69, 9.17) is 0 Å². The summed E-state index contributed by atoms with van der Waals surface area (Å²) in [6, 6.07) is 90.6. The van der Waals surface area contributed by atoms with Crippen LogP contribution in [0.15, 0.2) is 243 Å². The first kappa shape index (κ1) is 39.8. The molecule has 1 nitrogen and oxygen atoms in total. The quantitative estimate of drug-likeness (QED) is 0.140. The smallest absolute Gasteiger partial charge is 0.0714 e. The number of para-hydroxylation sites is 1. The van der Waals surface area contributed by atoms with Crippen molar-refractivity contribution in [3.8, 4) is 44.5 Å². The summed E-state index contributed by atoms with van der Waals surface area (Å²) in [5.74, 6) is 0.560.